The number of nitrogens with two attached hydrogens (primary N) is 1. The van der Waals surface area contributed by atoms with Gasteiger partial charge in [-0.15, -0.1) is 0 Å². The standard InChI is InChI=1S/C20H22N4O/c1-15(2)23(14-16-8-4-3-5-9-16)20(25)18-12-13-24(22-18)19-11-7-6-10-17(19)21/h3-13,15H,14,21H2,1-2H3. The Kier molecular flexibility index (Phi) is 4.84. The van der Waals surface area contributed by atoms with Crippen LogP contribution in [-0.2, 0) is 6.54 Å². The van der Waals surface area contributed by atoms with Crippen molar-refractivity contribution in [1.29, 1.82) is 0 Å². The summed E-state index contributed by atoms with van der Waals surface area (Å²) in [5, 5.41) is 4.43. The van der Waals surface area contributed by atoms with Crippen LogP contribution in [0.15, 0.2) is 66.9 Å². The number of hydrogen-bond donors (Lipinski definition) is 1. The minimum atomic E-state index is -0.0906. The zero-order valence-electron chi connectivity index (χ0n) is 14.5. The topological polar surface area (TPSA) is 64.2 Å². The second-order valence-electron chi connectivity index (χ2n) is 6.22. The predicted octanol–water partition coefficient (Wildman–Crippen LogP) is 3.51. The maximum atomic E-state index is 12.9. The molecule has 0 aliphatic carbocycles. The first-order valence-electron chi connectivity index (χ1n) is 8.31. The van der Waals surface area contributed by atoms with Crippen molar-refractivity contribution in [2.24, 2.45) is 0 Å². The van der Waals surface area contributed by atoms with E-state index in [0.717, 1.165) is 11.3 Å². The fourth-order valence-corrected chi connectivity index (χ4v) is 2.68. The Balaban J connectivity index is 1.85. The number of aromatic nitrogens is 2. The number of hydrogen-bond acceptors (Lipinski definition) is 3. The van der Waals surface area contributed by atoms with E-state index in [4.69, 9.17) is 5.73 Å². The molecule has 128 valence electrons. The number of anilines is 1. The van der Waals surface area contributed by atoms with E-state index in [1.165, 1.54) is 0 Å². The Morgan fingerprint density at radius 3 is 2.44 bits per heavy atom. The number of nitrogens with zero attached hydrogens (tertiary/aromatic N) is 3. The molecule has 0 saturated carbocycles. The van der Waals surface area contributed by atoms with E-state index < -0.39 is 0 Å². The van der Waals surface area contributed by atoms with Gasteiger partial charge in [0.05, 0.1) is 11.4 Å². The molecule has 3 aromatic rings. The summed E-state index contributed by atoms with van der Waals surface area (Å²) < 4.78 is 1.64. The van der Waals surface area contributed by atoms with E-state index in [9.17, 15) is 4.79 Å². The third-order valence-corrected chi connectivity index (χ3v) is 4.07. The minimum absolute atomic E-state index is 0.0691. The lowest BCUT2D eigenvalue weighted by molar-refractivity contribution is 0.0683. The number of rotatable bonds is 5. The van der Waals surface area contributed by atoms with Crippen molar-refractivity contribution in [2.45, 2.75) is 26.4 Å². The van der Waals surface area contributed by atoms with Crippen LogP contribution in [0.25, 0.3) is 5.69 Å². The predicted molar refractivity (Wildman–Crippen MR) is 99.4 cm³/mol. The van der Waals surface area contributed by atoms with E-state index >= 15 is 0 Å². The quantitative estimate of drug-likeness (QED) is 0.726. The van der Waals surface area contributed by atoms with Crippen molar-refractivity contribution >= 4 is 11.6 Å². The van der Waals surface area contributed by atoms with Gasteiger partial charge in [-0.2, -0.15) is 5.10 Å². The molecule has 0 fully saturated rings. The summed E-state index contributed by atoms with van der Waals surface area (Å²) in [7, 11) is 0. The van der Waals surface area contributed by atoms with Gasteiger partial charge in [0, 0.05) is 18.8 Å². The molecule has 0 aliphatic rings. The van der Waals surface area contributed by atoms with Crippen LogP contribution in [0.4, 0.5) is 5.69 Å². The van der Waals surface area contributed by atoms with Crippen molar-refractivity contribution in [2.75, 3.05) is 5.73 Å². The lowest BCUT2D eigenvalue weighted by Crippen LogP contribution is -2.36. The summed E-state index contributed by atoms with van der Waals surface area (Å²) in [6.45, 7) is 4.57. The highest BCUT2D eigenvalue weighted by Gasteiger charge is 2.21. The zero-order chi connectivity index (χ0) is 17.8. The third kappa shape index (κ3) is 3.71. The first-order chi connectivity index (χ1) is 12.1. The first-order valence-corrected chi connectivity index (χ1v) is 8.31. The van der Waals surface area contributed by atoms with Crippen LogP contribution in [0.1, 0.15) is 29.9 Å². The molecule has 0 bridgehead atoms. The monoisotopic (exact) mass is 334 g/mol. The van der Waals surface area contributed by atoms with Crippen molar-refractivity contribution < 1.29 is 4.79 Å². The Morgan fingerprint density at radius 2 is 1.76 bits per heavy atom. The minimum Gasteiger partial charge on any atom is -0.397 e. The molecule has 5 nitrogen and oxygen atoms in total. The second-order valence-corrected chi connectivity index (χ2v) is 6.22. The number of para-hydroxylation sites is 2. The Bertz CT molecular complexity index is 855. The summed E-state index contributed by atoms with van der Waals surface area (Å²) >= 11 is 0. The van der Waals surface area contributed by atoms with Crippen LogP contribution in [0, 0.1) is 0 Å². The molecule has 0 atom stereocenters. The first kappa shape index (κ1) is 16.8. The fourth-order valence-electron chi connectivity index (χ4n) is 2.68. The maximum absolute atomic E-state index is 12.9. The van der Waals surface area contributed by atoms with Gasteiger partial charge >= 0.3 is 0 Å². The lowest BCUT2D eigenvalue weighted by Gasteiger charge is -2.26. The van der Waals surface area contributed by atoms with Crippen LogP contribution in [-0.4, -0.2) is 26.6 Å². The van der Waals surface area contributed by atoms with E-state index in [0.29, 0.717) is 17.9 Å². The van der Waals surface area contributed by atoms with Crippen molar-refractivity contribution in [3.05, 3.63) is 78.1 Å². The molecule has 1 aromatic heterocycles. The van der Waals surface area contributed by atoms with Gasteiger partial charge in [-0.25, -0.2) is 4.68 Å². The van der Waals surface area contributed by atoms with Crippen molar-refractivity contribution in [3.8, 4) is 5.69 Å². The average Bonchev–Trinajstić information content (AvgIpc) is 3.10. The van der Waals surface area contributed by atoms with Crippen LogP contribution in [0.2, 0.25) is 0 Å². The van der Waals surface area contributed by atoms with Gasteiger partial charge in [0.25, 0.3) is 5.91 Å². The molecular formula is C20H22N4O. The van der Waals surface area contributed by atoms with Crippen molar-refractivity contribution in [3.63, 3.8) is 0 Å². The van der Waals surface area contributed by atoms with E-state index in [1.54, 1.807) is 16.9 Å². The van der Waals surface area contributed by atoms with Gasteiger partial charge in [0.2, 0.25) is 0 Å². The van der Waals surface area contributed by atoms with Gasteiger partial charge in [-0.3, -0.25) is 4.79 Å². The Morgan fingerprint density at radius 1 is 1.08 bits per heavy atom. The molecule has 2 N–H and O–H groups in total. The van der Waals surface area contributed by atoms with Gasteiger partial charge in [0.15, 0.2) is 5.69 Å². The molecule has 1 amide bonds. The summed E-state index contributed by atoms with van der Waals surface area (Å²) in [6.07, 6.45) is 1.76. The van der Waals surface area contributed by atoms with Crippen molar-refractivity contribution in [1.82, 2.24) is 14.7 Å². The molecule has 0 spiro atoms. The summed E-state index contributed by atoms with van der Waals surface area (Å²) in [5.41, 5.74) is 8.88. The summed E-state index contributed by atoms with van der Waals surface area (Å²) in [5.74, 6) is -0.0906. The van der Waals surface area contributed by atoms with E-state index in [2.05, 4.69) is 5.10 Å². The third-order valence-electron chi connectivity index (χ3n) is 4.07. The fraction of sp³-hybridized carbons (Fsp3) is 0.200. The molecule has 0 aliphatic heterocycles. The Hall–Kier alpha value is -3.08. The molecule has 2 aromatic carbocycles. The molecule has 0 radical (unpaired) electrons. The van der Waals surface area contributed by atoms with Crippen LogP contribution in [0.5, 0.6) is 0 Å². The molecule has 3 rings (SSSR count). The molecular weight excluding hydrogens is 312 g/mol. The number of benzene rings is 2. The molecule has 0 unspecified atom stereocenters. The highest BCUT2D eigenvalue weighted by atomic mass is 16.2. The normalized spacial score (nSPS) is 10.8. The van der Waals surface area contributed by atoms with E-state index in [-0.39, 0.29) is 11.9 Å². The molecule has 5 heteroatoms. The smallest absolute Gasteiger partial charge is 0.274 e. The molecule has 25 heavy (non-hydrogen) atoms. The number of carbonyl (C=O) groups is 1. The summed E-state index contributed by atoms with van der Waals surface area (Å²) in [4.78, 5) is 14.8. The summed E-state index contributed by atoms with van der Waals surface area (Å²) in [6, 6.07) is 19.2. The highest BCUT2D eigenvalue weighted by molar-refractivity contribution is 5.92. The maximum Gasteiger partial charge on any atom is 0.274 e. The van der Waals surface area contributed by atoms with Crippen LogP contribution < -0.4 is 5.73 Å². The Labute approximate surface area is 147 Å². The second kappa shape index (κ2) is 7.21. The number of nitrogen functional groups attached to an aromatic ring is 1. The largest absolute Gasteiger partial charge is 0.397 e. The van der Waals surface area contributed by atoms with E-state index in [1.807, 2.05) is 73.3 Å². The molecule has 0 saturated heterocycles. The van der Waals surface area contributed by atoms with Crippen LogP contribution in [0.3, 0.4) is 0 Å². The highest BCUT2D eigenvalue weighted by Crippen LogP contribution is 2.17. The zero-order valence-corrected chi connectivity index (χ0v) is 14.5. The van der Waals surface area contributed by atoms with Gasteiger partial charge in [-0.05, 0) is 37.6 Å². The van der Waals surface area contributed by atoms with Gasteiger partial charge in [-0.1, -0.05) is 42.5 Å². The lowest BCUT2D eigenvalue weighted by atomic mass is 10.2. The van der Waals surface area contributed by atoms with Crippen LogP contribution >= 0.6 is 0 Å². The average molecular weight is 334 g/mol. The van der Waals surface area contributed by atoms with Gasteiger partial charge < -0.3 is 10.6 Å². The number of amides is 1. The SMILES string of the molecule is CC(C)N(Cc1ccccc1)C(=O)c1ccn(-c2ccccc2N)n1. The molecule has 1 heterocycles. The van der Waals surface area contributed by atoms with Gasteiger partial charge in [0.1, 0.15) is 0 Å². The number of carbonyl (C=O) groups excluding carboxylic acids is 1.